The topological polar surface area (TPSA) is 97.4 Å². The van der Waals surface area contributed by atoms with Crippen LogP contribution in [0.15, 0.2) is 60.7 Å². The summed E-state index contributed by atoms with van der Waals surface area (Å²) < 4.78 is 30.5. The van der Waals surface area contributed by atoms with Crippen molar-refractivity contribution in [2.24, 2.45) is 22.7 Å². The highest BCUT2D eigenvalue weighted by atomic mass is 28.5. The van der Waals surface area contributed by atoms with E-state index < -0.39 is 65.3 Å². The van der Waals surface area contributed by atoms with Gasteiger partial charge in [-0.2, -0.15) is 0 Å². The van der Waals surface area contributed by atoms with Gasteiger partial charge in [0.1, 0.15) is 0 Å². The average molecular weight is 771 g/mol. The van der Waals surface area contributed by atoms with E-state index in [1.807, 2.05) is 43.3 Å². The minimum absolute atomic E-state index is 0.0527. The van der Waals surface area contributed by atoms with Crippen LogP contribution in [0.4, 0.5) is 0 Å². The third-order valence-electron chi connectivity index (χ3n) is 10.4. The van der Waals surface area contributed by atoms with Crippen LogP contribution in [0, 0.1) is 22.7 Å². The minimum atomic E-state index is -2.54. The molecule has 0 aromatic heterocycles. The molecule has 0 N–H and O–H groups in total. The number of ether oxygens (including phenoxy) is 3. The monoisotopic (exact) mass is 770 g/mol. The highest BCUT2D eigenvalue weighted by molar-refractivity contribution is 6.87. The van der Waals surface area contributed by atoms with Crippen LogP contribution in [0.25, 0.3) is 0 Å². The molecule has 2 aromatic carbocycles. The first kappa shape index (κ1) is 43.8. The third kappa shape index (κ3) is 11.5. The summed E-state index contributed by atoms with van der Waals surface area (Å²) >= 11 is 0. The van der Waals surface area contributed by atoms with Gasteiger partial charge >= 0.3 is 26.5 Å². The molecular formula is C41H66O8Si3. The number of rotatable bonds is 20. The first-order chi connectivity index (χ1) is 24.1. The van der Waals surface area contributed by atoms with Crippen molar-refractivity contribution in [3.05, 3.63) is 71.8 Å². The Morgan fingerprint density at radius 1 is 0.846 bits per heavy atom. The molecule has 4 unspecified atom stereocenters. The van der Waals surface area contributed by atoms with Gasteiger partial charge in [0.25, 0.3) is 0 Å². The fraction of sp³-hybridized carbons (Fsp3) is 0.634. The average Bonchev–Trinajstić information content (AvgIpc) is 3.51. The number of benzene rings is 2. The number of methoxy groups -OCH3 is 1. The summed E-state index contributed by atoms with van der Waals surface area (Å²) in [7, 11) is -4.94. The van der Waals surface area contributed by atoms with Crippen LogP contribution in [0.5, 0.6) is 0 Å². The second-order valence-corrected chi connectivity index (χ2v) is 30.5. The van der Waals surface area contributed by atoms with Crippen molar-refractivity contribution in [3.63, 3.8) is 0 Å². The van der Waals surface area contributed by atoms with E-state index in [0.717, 1.165) is 24.0 Å². The Kier molecular flexibility index (Phi) is 14.9. The van der Waals surface area contributed by atoms with Gasteiger partial charge < -0.3 is 22.4 Å². The molecule has 2 aromatic rings. The van der Waals surface area contributed by atoms with E-state index in [4.69, 9.17) is 22.4 Å². The van der Waals surface area contributed by atoms with Gasteiger partial charge in [0.15, 0.2) is 16.6 Å². The Morgan fingerprint density at radius 3 is 1.79 bits per heavy atom. The lowest BCUT2D eigenvalue weighted by Gasteiger charge is -2.46. The Hall–Kier alpha value is -2.58. The Balaban J connectivity index is 2.05. The molecule has 1 saturated heterocycles. The number of hydrogen-bond acceptors (Lipinski definition) is 8. The fourth-order valence-corrected chi connectivity index (χ4v) is 20.9. The molecule has 4 atom stereocenters. The summed E-state index contributed by atoms with van der Waals surface area (Å²) in [5.41, 5.74) is -0.948. The zero-order valence-electron chi connectivity index (χ0n) is 34.1. The number of cyclic esters (lactones) is 1. The van der Waals surface area contributed by atoms with Crippen molar-refractivity contribution in [1.29, 1.82) is 0 Å². The standard InChI is InChI=1S/C41H66O8Si3/c1-13-32(2)29-41(33-21-16-14-17-22-33,34-23-18-15-19-24-34)31-39(3,37(43)45-5)30-40(4,35-25-27-46-36(35)42)38(44)47-26-20-28-52(12,48-50(6,7)8)49-51(9,10)11/h14-19,21-24,32,35H,13,20,25-31H2,1-12H3. The molecule has 0 amide bonds. The second-order valence-electron chi connectivity index (χ2n) is 17.7. The highest BCUT2D eigenvalue weighted by Gasteiger charge is 2.57. The van der Waals surface area contributed by atoms with Crippen molar-refractivity contribution < 1.29 is 36.8 Å². The van der Waals surface area contributed by atoms with Crippen LogP contribution in [-0.4, -0.2) is 63.4 Å². The molecule has 1 heterocycles. The van der Waals surface area contributed by atoms with Gasteiger partial charge in [0.2, 0.25) is 0 Å². The molecule has 0 radical (unpaired) electrons. The van der Waals surface area contributed by atoms with Gasteiger partial charge in [-0.1, -0.05) is 80.9 Å². The van der Waals surface area contributed by atoms with Crippen molar-refractivity contribution in [2.75, 3.05) is 20.3 Å². The van der Waals surface area contributed by atoms with E-state index in [-0.39, 0.29) is 19.6 Å². The number of carbonyl (C=O) groups excluding carboxylic acids is 3. The van der Waals surface area contributed by atoms with Gasteiger partial charge in [-0.3, -0.25) is 14.4 Å². The van der Waals surface area contributed by atoms with Gasteiger partial charge in [0, 0.05) is 5.41 Å². The summed E-state index contributed by atoms with van der Waals surface area (Å²) in [6, 6.07) is 21.3. The van der Waals surface area contributed by atoms with Gasteiger partial charge in [-0.15, -0.1) is 0 Å². The van der Waals surface area contributed by atoms with Crippen LogP contribution in [0.1, 0.15) is 77.3 Å². The number of hydrogen-bond donors (Lipinski definition) is 0. The van der Waals surface area contributed by atoms with Crippen LogP contribution < -0.4 is 0 Å². The second kappa shape index (κ2) is 17.7. The van der Waals surface area contributed by atoms with Crippen LogP contribution >= 0.6 is 0 Å². The SMILES string of the molecule is CCC(C)CC(CC(C)(CC(C)(C(=O)OCCC[Si](C)(O[Si](C)(C)C)O[Si](C)(C)C)C1CCOC1=O)C(=O)OC)(c1ccccc1)c1ccccc1. The molecule has 290 valence electrons. The molecule has 3 rings (SSSR count). The smallest absolute Gasteiger partial charge is 0.314 e. The van der Waals surface area contributed by atoms with E-state index in [2.05, 4.69) is 83.9 Å². The quantitative estimate of drug-likeness (QED) is 0.0569. The van der Waals surface area contributed by atoms with Crippen LogP contribution in [0.3, 0.4) is 0 Å². The maximum atomic E-state index is 14.5. The van der Waals surface area contributed by atoms with E-state index in [1.54, 1.807) is 6.92 Å². The zero-order valence-corrected chi connectivity index (χ0v) is 37.1. The molecule has 0 aliphatic carbocycles. The summed E-state index contributed by atoms with van der Waals surface area (Å²) in [6.45, 7) is 23.6. The Labute approximate surface area is 317 Å². The van der Waals surface area contributed by atoms with Crippen molar-refractivity contribution >= 4 is 43.1 Å². The van der Waals surface area contributed by atoms with Gasteiger partial charge in [0.05, 0.1) is 37.1 Å². The normalized spacial score (nSPS) is 18.5. The summed E-state index contributed by atoms with van der Waals surface area (Å²) in [5, 5.41) is 0. The Bertz CT molecular complexity index is 1420. The van der Waals surface area contributed by atoms with E-state index >= 15 is 0 Å². The molecule has 0 bridgehead atoms. The summed E-state index contributed by atoms with van der Waals surface area (Å²) in [4.78, 5) is 42.0. The fourth-order valence-electron chi connectivity index (χ4n) is 8.42. The van der Waals surface area contributed by atoms with Gasteiger partial charge in [-0.25, -0.2) is 0 Å². The van der Waals surface area contributed by atoms with Crippen molar-refractivity contribution in [1.82, 2.24) is 0 Å². The lowest BCUT2D eigenvalue weighted by atomic mass is 9.57. The lowest BCUT2D eigenvalue weighted by molar-refractivity contribution is -0.171. The maximum Gasteiger partial charge on any atom is 0.314 e. The first-order valence-corrected chi connectivity index (χ1v) is 28.4. The predicted octanol–water partition coefficient (Wildman–Crippen LogP) is 9.65. The molecule has 52 heavy (non-hydrogen) atoms. The molecule has 0 saturated carbocycles. The number of esters is 3. The molecule has 11 heteroatoms. The van der Waals surface area contributed by atoms with Gasteiger partial charge in [-0.05, 0) is 115 Å². The molecular weight excluding hydrogens is 705 g/mol. The molecule has 1 aliphatic heterocycles. The molecule has 0 spiro atoms. The predicted molar refractivity (Wildman–Crippen MR) is 215 cm³/mol. The third-order valence-corrected chi connectivity index (χ3v) is 20.0. The van der Waals surface area contributed by atoms with Crippen molar-refractivity contribution in [3.8, 4) is 0 Å². The lowest BCUT2D eigenvalue weighted by Crippen LogP contribution is -2.52. The zero-order chi connectivity index (χ0) is 39.0. The van der Waals surface area contributed by atoms with Crippen LogP contribution in [-0.2, 0) is 42.2 Å². The summed E-state index contributed by atoms with van der Waals surface area (Å²) in [5.74, 6) is -1.79. The number of carbonyl (C=O) groups is 3. The largest absolute Gasteiger partial charge is 0.469 e. The molecule has 1 aliphatic rings. The maximum absolute atomic E-state index is 14.5. The molecule has 8 nitrogen and oxygen atoms in total. The Morgan fingerprint density at radius 2 is 1.37 bits per heavy atom. The first-order valence-electron chi connectivity index (χ1n) is 19.1. The minimum Gasteiger partial charge on any atom is -0.469 e. The summed E-state index contributed by atoms with van der Waals surface area (Å²) in [6.07, 6.45) is 3.10. The van der Waals surface area contributed by atoms with Crippen molar-refractivity contribution in [2.45, 2.75) is 124 Å². The van der Waals surface area contributed by atoms with E-state index in [1.165, 1.54) is 7.11 Å². The van der Waals surface area contributed by atoms with Crippen LogP contribution in [0.2, 0.25) is 51.9 Å². The highest BCUT2D eigenvalue weighted by Crippen LogP contribution is 2.53. The van der Waals surface area contributed by atoms with E-state index in [9.17, 15) is 14.4 Å². The van der Waals surface area contributed by atoms with E-state index in [0.29, 0.717) is 31.2 Å². The molecule has 1 fully saturated rings.